The fourth-order valence-corrected chi connectivity index (χ4v) is 2.25. The average Bonchev–Trinajstić information content (AvgIpc) is 2.54. The lowest BCUT2D eigenvalue weighted by Crippen LogP contribution is -2.24. The quantitative estimate of drug-likeness (QED) is 0.891. The van der Waals surface area contributed by atoms with Crippen LogP contribution in [0.15, 0.2) is 42.5 Å². The second-order valence-electron chi connectivity index (χ2n) is 4.99. The predicted molar refractivity (Wildman–Crippen MR) is 84.2 cm³/mol. The number of nitrogens with zero attached hydrogens (tertiary/aromatic N) is 1. The molecule has 0 bridgehead atoms. The largest absolute Gasteiger partial charge is 0.497 e. The summed E-state index contributed by atoms with van der Waals surface area (Å²) >= 11 is 0. The highest BCUT2D eigenvalue weighted by atomic mass is 19.1. The lowest BCUT2D eigenvalue weighted by molar-refractivity contribution is 0.184. The second-order valence-corrected chi connectivity index (χ2v) is 4.99. The van der Waals surface area contributed by atoms with Gasteiger partial charge in [-0.15, -0.1) is 0 Å². The van der Waals surface area contributed by atoms with E-state index < -0.39 is 6.10 Å². The predicted octanol–water partition coefficient (Wildman–Crippen LogP) is 3.01. The van der Waals surface area contributed by atoms with Gasteiger partial charge in [0.15, 0.2) is 0 Å². The zero-order valence-corrected chi connectivity index (χ0v) is 12.9. The third-order valence-corrected chi connectivity index (χ3v) is 3.50. The second kappa shape index (κ2) is 7.13. The van der Waals surface area contributed by atoms with Crippen LogP contribution in [0.25, 0.3) is 0 Å². The van der Waals surface area contributed by atoms with Crippen LogP contribution in [0.5, 0.6) is 11.5 Å². The zero-order chi connectivity index (χ0) is 16.1. The number of hydrogen-bond donors (Lipinski definition) is 1. The van der Waals surface area contributed by atoms with Gasteiger partial charge in [-0.2, -0.15) is 0 Å². The summed E-state index contributed by atoms with van der Waals surface area (Å²) in [5.41, 5.74) is 1.50. The molecule has 118 valence electrons. The molecule has 0 aliphatic carbocycles. The molecule has 0 amide bonds. The van der Waals surface area contributed by atoms with Crippen molar-refractivity contribution >= 4 is 5.69 Å². The third-order valence-electron chi connectivity index (χ3n) is 3.50. The van der Waals surface area contributed by atoms with Crippen molar-refractivity contribution in [2.45, 2.75) is 6.10 Å². The van der Waals surface area contributed by atoms with Gasteiger partial charge in [-0.1, -0.05) is 12.1 Å². The Bertz CT molecular complexity index is 616. The van der Waals surface area contributed by atoms with Gasteiger partial charge in [-0.3, -0.25) is 0 Å². The van der Waals surface area contributed by atoms with E-state index in [0.717, 1.165) is 5.69 Å². The minimum Gasteiger partial charge on any atom is -0.497 e. The molecule has 5 heteroatoms. The summed E-state index contributed by atoms with van der Waals surface area (Å²) in [6, 6.07) is 11.3. The number of benzene rings is 2. The summed E-state index contributed by atoms with van der Waals surface area (Å²) in [6.07, 6.45) is -0.725. The molecule has 0 saturated carbocycles. The number of halogens is 1. The maximum absolute atomic E-state index is 12.9. The van der Waals surface area contributed by atoms with Gasteiger partial charge >= 0.3 is 0 Å². The van der Waals surface area contributed by atoms with Gasteiger partial charge in [0.05, 0.1) is 26.0 Å². The van der Waals surface area contributed by atoms with E-state index >= 15 is 0 Å². The summed E-state index contributed by atoms with van der Waals surface area (Å²) in [5, 5.41) is 10.3. The Hall–Kier alpha value is -2.27. The van der Waals surface area contributed by atoms with E-state index in [9.17, 15) is 9.50 Å². The summed E-state index contributed by atoms with van der Waals surface area (Å²) in [6.45, 7) is 0.355. The zero-order valence-electron chi connectivity index (χ0n) is 12.9. The fraction of sp³-hybridized carbons (Fsp3) is 0.294. The van der Waals surface area contributed by atoms with Crippen molar-refractivity contribution in [3.63, 3.8) is 0 Å². The lowest BCUT2D eigenvalue weighted by Gasteiger charge is -2.25. The molecule has 1 unspecified atom stereocenters. The van der Waals surface area contributed by atoms with E-state index in [-0.39, 0.29) is 5.82 Å². The molecular formula is C17H20FNO3. The van der Waals surface area contributed by atoms with Crippen LogP contribution in [0.3, 0.4) is 0 Å². The summed E-state index contributed by atoms with van der Waals surface area (Å²) in [7, 11) is 5.04. The summed E-state index contributed by atoms with van der Waals surface area (Å²) in [5.74, 6) is 1.04. The molecule has 4 nitrogen and oxygen atoms in total. The van der Waals surface area contributed by atoms with Gasteiger partial charge in [0.25, 0.3) is 0 Å². The van der Waals surface area contributed by atoms with Crippen LogP contribution in [0.2, 0.25) is 0 Å². The molecule has 2 rings (SSSR count). The first-order chi connectivity index (χ1) is 10.5. The molecule has 0 aliphatic rings. The van der Waals surface area contributed by atoms with Gasteiger partial charge in [0.2, 0.25) is 0 Å². The molecule has 1 atom stereocenters. The molecule has 1 N–H and O–H groups in total. The molecule has 0 aromatic heterocycles. The highest BCUT2D eigenvalue weighted by Crippen LogP contribution is 2.32. The van der Waals surface area contributed by atoms with Crippen molar-refractivity contribution < 1.29 is 19.0 Å². The molecule has 22 heavy (non-hydrogen) atoms. The highest BCUT2D eigenvalue weighted by molar-refractivity contribution is 5.60. The van der Waals surface area contributed by atoms with Crippen molar-refractivity contribution in [2.75, 3.05) is 32.7 Å². The van der Waals surface area contributed by atoms with E-state index in [1.54, 1.807) is 32.4 Å². The summed E-state index contributed by atoms with van der Waals surface area (Å²) in [4.78, 5) is 1.88. The van der Waals surface area contributed by atoms with Crippen LogP contribution >= 0.6 is 0 Å². The smallest absolute Gasteiger partial charge is 0.145 e. The fourth-order valence-electron chi connectivity index (χ4n) is 2.25. The van der Waals surface area contributed by atoms with Crippen LogP contribution in [0.4, 0.5) is 10.1 Å². The number of aliphatic hydroxyl groups is 1. The SMILES string of the molecule is COc1ccc(N(C)CC(O)c2ccc(F)cc2)c(OC)c1. The first-order valence-corrected chi connectivity index (χ1v) is 6.92. The Morgan fingerprint density at radius 3 is 2.36 bits per heavy atom. The molecule has 2 aromatic rings. The maximum Gasteiger partial charge on any atom is 0.145 e. The molecule has 0 heterocycles. The van der Waals surface area contributed by atoms with E-state index in [2.05, 4.69) is 0 Å². The van der Waals surface area contributed by atoms with Gasteiger partial charge in [0.1, 0.15) is 17.3 Å². The normalized spacial score (nSPS) is 11.9. The van der Waals surface area contributed by atoms with Crippen LogP contribution in [-0.4, -0.2) is 32.9 Å². The van der Waals surface area contributed by atoms with Crippen LogP contribution in [0.1, 0.15) is 11.7 Å². The number of methoxy groups -OCH3 is 2. The van der Waals surface area contributed by atoms with Crippen molar-refractivity contribution in [1.29, 1.82) is 0 Å². The lowest BCUT2D eigenvalue weighted by atomic mass is 10.1. The topological polar surface area (TPSA) is 41.9 Å². The molecule has 0 spiro atoms. The van der Waals surface area contributed by atoms with Crippen molar-refractivity contribution in [2.24, 2.45) is 0 Å². The Labute approximate surface area is 129 Å². The number of aliphatic hydroxyl groups excluding tert-OH is 1. The minimum atomic E-state index is -0.725. The molecule has 2 aromatic carbocycles. The van der Waals surface area contributed by atoms with Gasteiger partial charge < -0.3 is 19.5 Å². The molecule has 0 aliphatic heterocycles. The number of ether oxygens (including phenoxy) is 2. The molecule has 0 saturated heterocycles. The Kier molecular flexibility index (Phi) is 5.22. The van der Waals surface area contributed by atoms with Crippen LogP contribution < -0.4 is 14.4 Å². The third kappa shape index (κ3) is 3.68. The highest BCUT2D eigenvalue weighted by Gasteiger charge is 2.15. The van der Waals surface area contributed by atoms with E-state index in [1.807, 2.05) is 24.1 Å². The maximum atomic E-state index is 12.9. The average molecular weight is 305 g/mol. The van der Waals surface area contributed by atoms with E-state index in [1.165, 1.54) is 12.1 Å². The molecule has 0 radical (unpaired) electrons. The monoisotopic (exact) mass is 305 g/mol. The molecule has 0 fully saturated rings. The van der Waals surface area contributed by atoms with E-state index in [0.29, 0.717) is 23.6 Å². The first kappa shape index (κ1) is 16.1. The molecular weight excluding hydrogens is 285 g/mol. The minimum absolute atomic E-state index is 0.318. The van der Waals surface area contributed by atoms with Crippen LogP contribution in [0, 0.1) is 5.82 Å². The number of anilines is 1. The van der Waals surface area contributed by atoms with Gasteiger partial charge in [0, 0.05) is 19.7 Å². The Balaban J connectivity index is 2.14. The van der Waals surface area contributed by atoms with Crippen LogP contribution in [-0.2, 0) is 0 Å². The van der Waals surface area contributed by atoms with Gasteiger partial charge in [-0.25, -0.2) is 4.39 Å². The number of rotatable bonds is 6. The number of likely N-dealkylation sites (N-methyl/N-ethyl adjacent to an activating group) is 1. The Morgan fingerprint density at radius 1 is 1.09 bits per heavy atom. The standard InChI is InChI=1S/C17H20FNO3/c1-19(11-16(20)12-4-6-13(18)7-5-12)15-9-8-14(21-2)10-17(15)22-3/h4-10,16,20H,11H2,1-3H3. The van der Waals surface area contributed by atoms with E-state index in [4.69, 9.17) is 9.47 Å². The summed E-state index contributed by atoms with van der Waals surface area (Å²) < 4.78 is 23.5. The van der Waals surface area contributed by atoms with Crippen molar-refractivity contribution in [3.8, 4) is 11.5 Å². The Morgan fingerprint density at radius 2 is 1.77 bits per heavy atom. The number of hydrogen-bond acceptors (Lipinski definition) is 4. The van der Waals surface area contributed by atoms with Crippen molar-refractivity contribution in [3.05, 3.63) is 53.8 Å². The first-order valence-electron chi connectivity index (χ1n) is 6.92. The van der Waals surface area contributed by atoms with Gasteiger partial charge in [-0.05, 0) is 29.8 Å². The van der Waals surface area contributed by atoms with Crippen molar-refractivity contribution in [1.82, 2.24) is 0 Å².